The molecule has 2 rings (SSSR count). The van der Waals surface area contributed by atoms with Gasteiger partial charge >= 0.3 is 0 Å². The zero-order valence-electron chi connectivity index (χ0n) is 7.33. The number of hydrazine groups is 2. The molecule has 5 N–H and O–H groups in total. The van der Waals surface area contributed by atoms with Gasteiger partial charge in [0.2, 0.25) is 0 Å². The molecule has 1 aromatic carbocycles. The number of benzene rings is 1. The minimum absolute atomic E-state index is 0.158. The van der Waals surface area contributed by atoms with Crippen molar-refractivity contribution in [2.45, 2.75) is 18.6 Å². The van der Waals surface area contributed by atoms with Crippen LogP contribution in [-0.2, 0) is 0 Å². The van der Waals surface area contributed by atoms with Crippen molar-refractivity contribution < 1.29 is 0 Å². The lowest BCUT2D eigenvalue weighted by Gasteiger charge is -2.08. The highest BCUT2D eigenvalue weighted by Gasteiger charge is 2.23. The van der Waals surface area contributed by atoms with Crippen molar-refractivity contribution in [3.05, 3.63) is 35.9 Å². The van der Waals surface area contributed by atoms with E-state index in [1.807, 2.05) is 18.2 Å². The smallest absolute Gasteiger partial charge is 0.0848 e. The summed E-state index contributed by atoms with van der Waals surface area (Å²) in [6.45, 7) is 0. The molecule has 1 fully saturated rings. The Morgan fingerprint density at radius 1 is 1.23 bits per heavy atom. The van der Waals surface area contributed by atoms with Gasteiger partial charge in [0.25, 0.3) is 0 Å². The molecule has 1 aliphatic heterocycles. The molecule has 1 saturated heterocycles. The van der Waals surface area contributed by atoms with Crippen LogP contribution in [0.3, 0.4) is 0 Å². The summed E-state index contributed by atoms with van der Waals surface area (Å²) >= 11 is 0. The fourth-order valence-corrected chi connectivity index (χ4v) is 1.57. The topological polar surface area (TPSA) is 62.1 Å². The Morgan fingerprint density at radius 2 is 2.00 bits per heavy atom. The Morgan fingerprint density at radius 3 is 2.62 bits per heavy atom. The Bertz CT molecular complexity index is 262. The highest BCUT2D eigenvalue weighted by atomic mass is 15.5. The third-order valence-electron chi connectivity index (χ3n) is 2.31. The molecule has 1 aliphatic rings. The van der Waals surface area contributed by atoms with Gasteiger partial charge in [0.05, 0.1) is 6.17 Å². The number of rotatable bonds is 2. The van der Waals surface area contributed by atoms with Crippen molar-refractivity contribution >= 4 is 0 Å². The molecular formula is C9H14N4. The Hall–Kier alpha value is -0.940. The SMILES string of the molecule is NNC1CC(c2ccccc2)NN1. The Balaban J connectivity index is 2.04. The zero-order chi connectivity index (χ0) is 9.10. The van der Waals surface area contributed by atoms with Crippen molar-refractivity contribution in [2.75, 3.05) is 0 Å². The number of nitrogens with two attached hydrogens (primary N) is 1. The van der Waals surface area contributed by atoms with Gasteiger partial charge in [-0.25, -0.2) is 16.3 Å². The fourth-order valence-electron chi connectivity index (χ4n) is 1.57. The van der Waals surface area contributed by atoms with Gasteiger partial charge in [0.15, 0.2) is 0 Å². The summed E-state index contributed by atoms with van der Waals surface area (Å²) in [6, 6.07) is 10.7. The maximum Gasteiger partial charge on any atom is 0.0848 e. The second-order valence-electron chi connectivity index (χ2n) is 3.21. The Kier molecular flexibility index (Phi) is 2.56. The van der Waals surface area contributed by atoms with Crippen LogP contribution >= 0.6 is 0 Å². The summed E-state index contributed by atoms with van der Waals surface area (Å²) in [6.07, 6.45) is 1.12. The summed E-state index contributed by atoms with van der Waals surface area (Å²) < 4.78 is 0. The third-order valence-corrected chi connectivity index (χ3v) is 2.31. The van der Waals surface area contributed by atoms with E-state index in [0.717, 1.165) is 6.42 Å². The predicted octanol–water partition coefficient (Wildman–Crippen LogP) is 0.0150. The lowest BCUT2D eigenvalue weighted by Crippen LogP contribution is -2.44. The number of nitrogens with one attached hydrogen (secondary N) is 3. The van der Waals surface area contributed by atoms with Gasteiger partial charge in [0, 0.05) is 6.04 Å². The summed E-state index contributed by atoms with van der Waals surface area (Å²) in [4.78, 5) is 0. The van der Waals surface area contributed by atoms with Gasteiger partial charge in [-0.1, -0.05) is 30.3 Å². The van der Waals surface area contributed by atoms with E-state index in [4.69, 9.17) is 5.84 Å². The predicted molar refractivity (Wildman–Crippen MR) is 51.2 cm³/mol. The lowest BCUT2D eigenvalue weighted by molar-refractivity contribution is 0.470. The minimum Gasteiger partial charge on any atom is -0.270 e. The number of hydrogen-bond donors (Lipinski definition) is 4. The van der Waals surface area contributed by atoms with Crippen LogP contribution in [0.25, 0.3) is 0 Å². The van der Waals surface area contributed by atoms with Crippen LogP contribution in [0.2, 0.25) is 0 Å². The van der Waals surface area contributed by atoms with Crippen molar-refractivity contribution in [3.8, 4) is 0 Å². The largest absolute Gasteiger partial charge is 0.270 e. The molecule has 0 saturated carbocycles. The van der Waals surface area contributed by atoms with E-state index in [0.29, 0.717) is 6.04 Å². The maximum absolute atomic E-state index is 5.32. The van der Waals surface area contributed by atoms with Gasteiger partial charge in [-0.15, -0.1) is 0 Å². The van der Waals surface area contributed by atoms with E-state index in [2.05, 4.69) is 28.4 Å². The third kappa shape index (κ3) is 1.87. The molecule has 0 spiro atoms. The quantitative estimate of drug-likeness (QED) is 0.381. The first-order valence-corrected chi connectivity index (χ1v) is 4.42. The molecular weight excluding hydrogens is 164 g/mol. The van der Waals surface area contributed by atoms with Crippen LogP contribution in [0.5, 0.6) is 0 Å². The van der Waals surface area contributed by atoms with E-state index in [-0.39, 0.29) is 6.17 Å². The van der Waals surface area contributed by atoms with Crippen LogP contribution in [0.4, 0.5) is 0 Å². The number of hydrogen-bond acceptors (Lipinski definition) is 4. The molecule has 1 aromatic rings. The lowest BCUT2D eigenvalue weighted by atomic mass is 10.1. The minimum atomic E-state index is 0.158. The monoisotopic (exact) mass is 178 g/mol. The second kappa shape index (κ2) is 3.85. The molecule has 70 valence electrons. The molecule has 0 radical (unpaired) electrons. The molecule has 4 heteroatoms. The van der Waals surface area contributed by atoms with Crippen LogP contribution in [0.15, 0.2) is 30.3 Å². The van der Waals surface area contributed by atoms with E-state index in [9.17, 15) is 0 Å². The summed E-state index contributed by atoms with van der Waals surface area (Å²) in [5.41, 5.74) is 10.2. The van der Waals surface area contributed by atoms with Crippen LogP contribution in [0, 0.1) is 0 Å². The van der Waals surface area contributed by atoms with E-state index in [1.165, 1.54) is 5.56 Å². The molecule has 13 heavy (non-hydrogen) atoms. The van der Waals surface area contributed by atoms with E-state index < -0.39 is 0 Å². The first-order chi connectivity index (χ1) is 6.40. The highest BCUT2D eigenvalue weighted by Crippen LogP contribution is 2.19. The van der Waals surface area contributed by atoms with Gasteiger partial charge < -0.3 is 0 Å². The van der Waals surface area contributed by atoms with Crippen molar-refractivity contribution in [3.63, 3.8) is 0 Å². The van der Waals surface area contributed by atoms with E-state index in [1.54, 1.807) is 0 Å². The maximum atomic E-state index is 5.32. The zero-order valence-corrected chi connectivity index (χ0v) is 7.33. The van der Waals surface area contributed by atoms with Crippen LogP contribution < -0.4 is 22.1 Å². The van der Waals surface area contributed by atoms with Crippen molar-refractivity contribution in [1.82, 2.24) is 16.3 Å². The van der Waals surface area contributed by atoms with Crippen molar-refractivity contribution in [1.29, 1.82) is 0 Å². The van der Waals surface area contributed by atoms with Gasteiger partial charge in [-0.05, 0) is 12.0 Å². The van der Waals surface area contributed by atoms with Gasteiger partial charge in [0.1, 0.15) is 0 Å². The average molecular weight is 178 g/mol. The van der Waals surface area contributed by atoms with E-state index >= 15 is 0 Å². The normalized spacial score (nSPS) is 27.8. The van der Waals surface area contributed by atoms with Crippen LogP contribution in [0.1, 0.15) is 18.0 Å². The Labute approximate surface area is 77.5 Å². The fraction of sp³-hybridized carbons (Fsp3) is 0.333. The second-order valence-corrected chi connectivity index (χ2v) is 3.21. The molecule has 0 aromatic heterocycles. The molecule has 0 bridgehead atoms. The average Bonchev–Trinajstić information content (AvgIpc) is 2.67. The molecule has 1 heterocycles. The highest BCUT2D eigenvalue weighted by molar-refractivity contribution is 5.19. The molecule has 2 atom stereocenters. The molecule has 0 amide bonds. The summed E-state index contributed by atoms with van der Waals surface area (Å²) in [5.74, 6) is 5.32. The molecule has 2 unspecified atom stereocenters. The molecule has 0 aliphatic carbocycles. The summed E-state index contributed by atoms with van der Waals surface area (Å²) in [7, 11) is 0. The van der Waals surface area contributed by atoms with Crippen molar-refractivity contribution in [2.24, 2.45) is 5.84 Å². The van der Waals surface area contributed by atoms with Gasteiger partial charge in [-0.3, -0.25) is 5.84 Å². The van der Waals surface area contributed by atoms with Crippen LogP contribution in [-0.4, -0.2) is 6.17 Å². The first kappa shape index (κ1) is 8.65. The summed E-state index contributed by atoms with van der Waals surface area (Å²) in [5, 5.41) is 0. The van der Waals surface area contributed by atoms with Gasteiger partial charge in [-0.2, -0.15) is 0 Å². The molecule has 4 nitrogen and oxygen atoms in total. The standard InChI is InChI=1S/C9H14N4/c10-11-9-6-8(12-13-9)7-4-2-1-3-5-7/h1-5,8-9,11-13H,6,10H2. The first-order valence-electron chi connectivity index (χ1n) is 4.42.